The molecule has 0 bridgehead atoms. The van der Waals surface area contributed by atoms with Crippen molar-refractivity contribution < 1.29 is 9.21 Å². The van der Waals surface area contributed by atoms with E-state index in [1.807, 2.05) is 82.7 Å². The number of amides is 1. The van der Waals surface area contributed by atoms with Gasteiger partial charge in [0, 0.05) is 22.4 Å². The molecule has 0 N–H and O–H groups in total. The molecule has 3 heterocycles. The number of thioether (sulfide) groups is 2. The van der Waals surface area contributed by atoms with Crippen molar-refractivity contribution in [2.45, 2.75) is 35.6 Å². The first-order valence-corrected chi connectivity index (χ1v) is 12.7. The zero-order chi connectivity index (χ0) is 22.8. The number of furan rings is 1. The molecule has 6 nitrogen and oxygen atoms in total. The van der Waals surface area contributed by atoms with Gasteiger partial charge < -0.3 is 9.32 Å². The van der Waals surface area contributed by atoms with Crippen molar-refractivity contribution in [3.05, 3.63) is 72.7 Å². The van der Waals surface area contributed by atoms with Gasteiger partial charge in [0.15, 0.2) is 11.0 Å². The highest BCUT2D eigenvalue weighted by Crippen LogP contribution is 2.38. The van der Waals surface area contributed by atoms with Crippen LogP contribution in [0.4, 0.5) is 5.69 Å². The van der Waals surface area contributed by atoms with Crippen LogP contribution in [0.5, 0.6) is 0 Å². The first-order valence-electron chi connectivity index (χ1n) is 10.9. The van der Waals surface area contributed by atoms with E-state index < -0.39 is 0 Å². The molecule has 4 aromatic rings. The van der Waals surface area contributed by atoms with Gasteiger partial charge in [0.05, 0.1) is 23.3 Å². The summed E-state index contributed by atoms with van der Waals surface area (Å²) in [5.41, 5.74) is 2.83. The van der Waals surface area contributed by atoms with E-state index in [1.165, 1.54) is 11.8 Å². The molecule has 2 aromatic heterocycles. The Labute approximate surface area is 201 Å². The molecular formula is C25H24N4O2S2. The van der Waals surface area contributed by atoms with Crippen molar-refractivity contribution in [1.82, 2.24) is 14.8 Å². The highest BCUT2D eigenvalue weighted by Gasteiger charge is 2.25. The SMILES string of the molecule is Cc1occc1-c1nnc(SCC(=O)N2CCC(C)Sc3ccccc32)n1-c1ccccc1. The van der Waals surface area contributed by atoms with Gasteiger partial charge in [-0.15, -0.1) is 22.0 Å². The first kappa shape index (κ1) is 21.9. The zero-order valence-electron chi connectivity index (χ0n) is 18.5. The summed E-state index contributed by atoms with van der Waals surface area (Å²) in [6.07, 6.45) is 2.61. The van der Waals surface area contributed by atoms with E-state index in [0.717, 1.165) is 40.6 Å². The quantitative estimate of drug-likeness (QED) is 0.337. The van der Waals surface area contributed by atoms with Crippen LogP contribution >= 0.6 is 23.5 Å². The average Bonchev–Trinajstić information content (AvgIpc) is 3.40. The summed E-state index contributed by atoms with van der Waals surface area (Å²) in [6.45, 7) is 4.84. The van der Waals surface area contributed by atoms with Gasteiger partial charge in [0.1, 0.15) is 5.76 Å². The molecule has 5 rings (SSSR count). The highest BCUT2D eigenvalue weighted by molar-refractivity contribution is 8.00. The molecule has 0 spiro atoms. The predicted molar refractivity (Wildman–Crippen MR) is 133 cm³/mol. The Morgan fingerprint density at radius 3 is 2.70 bits per heavy atom. The molecule has 0 saturated heterocycles. The third-order valence-electron chi connectivity index (χ3n) is 5.62. The van der Waals surface area contributed by atoms with Crippen molar-refractivity contribution in [3.8, 4) is 17.1 Å². The molecule has 33 heavy (non-hydrogen) atoms. The number of anilines is 1. The minimum Gasteiger partial charge on any atom is -0.469 e. The average molecular weight is 477 g/mol. The molecule has 0 fully saturated rings. The minimum atomic E-state index is 0.0748. The fourth-order valence-corrected chi connectivity index (χ4v) is 5.86. The Kier molecular flexibility index (Phi) is 6.28. The van der Waals surface area contributed by atoms with E-state index in [4.69, 9.17) is 4.42 Å². The molecule has 0 aliphatic carbocycles. The van der Waals surface area contributed by atoms with E-state index in [1.54, 1.807) is 6.26 Å². The maximum absolute atomic E-state index is 13.4. The number of nitrogens with zero attached hydrogens (tertiary/aromatic N) is 4. The maximum atomic E-state index is 13.4. The number of hydrogen-bond acceptors (Lipinski definition) is 6. The van der Waals surface area contributed by atoms with Crippen LogP contribution in [0.3, 0.4) is 0 Å². The smallest absolute Gasteiger partial charge is 0.237 e. The molecule has 1 unspecified atom stereocenters. The van der Waals surface area contributed by atoms with Crippen molar-refractivity contribution in [1.29, 1.82) is 0 Å². The second kappa shape index (κ2) is 9.49. The largest absolute Gasteiger partial charge is 0.469 e. The molecule has 1 aliphatic rings. The van der Waals surface area contributed by atoms with Gasteiger partial charge in [-0.2, -0.15) is 0 Å². The number of carbonyl (C=O) groups excluding carboxylic acids is 1. The summed E-state index contributed by atoms with van der Waals surface area (Å²) in [7, 11) is 0. The Balaban J connectivity index is 1.43. The second-order valence-electron chi connectivity index (χ2n) is 7.89. The summed E-state index contributed by atoms with van der Waals surface area (Å²) in [5, 5.41) is 10.0. The van der Waals surface area contributed by atoms with Gasteiger partial charge in [0.2, 0.25) is 5.91 Å². The van der Waals surface area contributed by atoms with E-state index in [9.17, 15) is 4.79 Å². The van der Waals surface area contributed by atoms with Crippen molar-refractivity contribution in [3.63, 3.8) is 0 Å². The topological polar surface area (TPSA) is 64.2 Å². The molecular weight excluding hydrogens is 452 g/mol. The maximum Gasteiger partial charge on any atom is 0.237 e. The lowest BCUT2D eigenvalue weighted by atomic mass is 10.2. The van der Waals surface area contributed by atoms with Crippen LogP contribution in [0.25, 0.3) is 17.1 Å². The molecule has 0 saturated carbocycles. The molecule has 0 radical (unpaired) electrons. The molecule has 1 amide bonds. The standard InChI is InChI=1S/C25H24N4O2S2/c1-17-12-14-28(21-10-6-7-11-22(21)33-17)23(30)16-32-25-27-26-24(20-13-15-31-18(20)2)29(25)19-8-4-3-5-9-19/h3-11,13,15,17H,12,14,16H2,1-2H3. The van der Waals surface area contributed by atoms with Crippen LogP contribution in [0, 0.1) is 6.92 Å². The number of para-hydroxylation sites is 2. The number of hydrogen-bond donors (Lipinski definition) is 0. The highest BCUT2D eigenvalue weighted by atomic mass is 32.2. The minimum absolute atomic E-state index is 0.0748. The number of carbonyl (C=O) groups is 1. The Morgan fingerprint density at radius 2 is 1.91 bits per heavy atom. The van der Waals surface area contributed by atoms with Crippen molar-refractivity contribution >= 4 is 35.1 Å². The van der Waals surface area contributed by atoms with E-state index in [0.29, 0.717) is 16.2 Å². The van der Waals surface area contributed by atoms with E-state index in [2.05, 4.69) is 23.2 Å². The fraction of sp³-hybridized carbons (Fsp3) is 0.240. The Bertz CT molecular complexity index is 1270. The molecule has 1 aliphatic heterocycles. The lowest BCUT2D eigenvalue weighted by Crippen LogP contribution is -2.33. The molecule has 168 valence electrons. The number of rotatable bonds is 5. The van der Waals surface area contributed by atoms with E-state index in [-0.39, 0.29) is 11.7 Å². The van der Waals surface area contributed by atoms with Crippen LogP contribution in [0.1, 0.15) is 19.1 Å². The Hall–Kier alpha value is -2.97. The number of benzene rings is 2. The first-order chi connectivity index (χ1) is 16.1. The van der Waals surface area contributed by atoms with Crippen LogP contribution < -0.4 is 4.90 Å². The van der Waals surface area contributed by atoms with Gasteiger partial charge in [-0.1, -0.05) is 49.0 Å². The van der Waals surface area contributed by atoms with Crippen molar-refractivity contribution in [2.24, 2.45) is 0 Å². The van der Waals surface area contributed by atoms with Gasteiger partial charge in [-0.3, -0.25) is 9.36 Å². The zero-order valence-corrected chi connectivity index (χ0v) is 20.1. The summed E-state index contributed by atoms with van der Waals surface area (Å²) in [5.74, 6) is 1.83. The second-order valence-corrected chi connectivity index (χ2v) is 10.3. The summed E-state index contributed by atoms with van der Waals surface area (Å²) < 4.78 is 7.49. The third kappa shape index (κ3) is 4.45. The fourth-order valence-electron chi connectivity index (χ4n) is 3.91. The third-order valence-corrected chi connectivity index (χ3v) is 7.77. The number of aryl methyl sites for hydroxylation is 1. The van der Waals surface area contributed by atoms with Crippen LogP contribution in [0.2, 0.25) is 0 Å². The van der Waals surface area contributed by atoms with Crippen LogP contribution in [0.15, 0.2) is 81.4 Å². The summed E-state index contributed by atoms with van der Waals surface area (Å²) in [6, 6.07) is 20.0. The lowest BCUT2D eigenvalue weighted by molar-refractivity contribution is -0.116. The molecule has 1 atom stereocenters. The summed E-state index contributed by atoms with van der Waals surface area (Å²) in [4.78, 5) is 16.4. The summed E-state index contributed by atoms with van der Waals surface area (Å²) >= 11 is 3.25. The molecule has 2 aromatic carbocycles. The lowest BCUT2D eigenvalue weighted by Gasteiger charge is -2.22. The number of fused-ring (bicyclic) bond motifs is 1. The van der Waals surface area contributed by atoms with Gasteiger partial charge in [-0.25, -0.2) is 0 Å². The van der Waals surface area contributed by atoms with Crippen LogP contribution in [-0.4, -0.2) is 38.2 Å². The van der Waals surface area contributed by atoms with Gasteiger partial charge in [0.25, 0.3) is 0 Å². The van der Waals surface area contributed by atoms with Crippen molar-refractivity contribution in [2.75, 3.05) is 17.2 Å². The molecule has 8 heteroatoms. The predicted octanol–water partition coefficient (Wildman–Crippen LogP) is 5.85. The van der Waals surface area contributed by atoms with E-state index >= 15 is 0 Å². The normalized spacial score (nSPS) is 15.8. The Morgan fingerprint density at radius 1 is 1.12 bits per heavy atom. The monoisotopic (exact) mass is 476 g/mol. The van der Waals surface area contributed by atoms with Gasteiger partial charge in [-0.05, 0) is 43.7 Å². The number of aromatic nitrogens is 3. The van der Waals surface area contributed by atoms with Gasteiger partial charge >= 0.3 is 0 Å². The van der Waals surface area contributed by atoms with Crippen LogP contribution in [-0.2, 0) is 4.79 Å².